The van der Waals surface area contributed by atoms with E-state index >= 15 is 4.39 Å². The minimum Gasteiger partial charge on any atom is -0.497 e. The quantitative estimate of drug-likeness (QED) is 0.108. The highest BCUT2D eigenvalue weighted by molar-refractivity contribution is 6.03. The molecule has 5 aromatic carbocycles. The minimum absolute atomic E-state index is 0.00629. The Morgan fingerprint density at radius 3 is 1.85 bits per heavy atom. The Labute approximate surface area is 311 Å². The fraction of sp³-hybridized carbons (Fsp3) is 0.163. The number of methoxy groups -OCH3 is 1. The lowest BCUT2D eigenvalue weighted by atomic mass is 9.76. The first-order valence-electron chi connectivity index (χ1n) is 17.4. The third kappa shape index (κ3) is 7.40. The zero-order valence-corrected chi connectivity index (χ0v) is 29.2. The summed E-state index contributed by atoms with van der Waals surface area (Å²) in [6, 6.07) is 43.9. The molecule has 0 aliphatic carbocycles. The van der Waals surface area contributed by atoms with Gasteiger partial charge in [-0.2, -0.15) is 4.98 Å². The molecule has 2 N–H and O–H groups in total. The number of rotatable bonds is 12. The lowest BCUT2D eigenvalue weighted by molar-refractivity contribution is -0.0476. The molecule has 2 heterocycles. The Morgan fingerprint density at radius 1 is 0.759 bits per heavy atom. The standard InChI is InChI=1S/C43H37FN4O6/c1-52-34-24-22-33(23-25-34)43(31-18-10-4-11-19-31,32-20-12-5-13-21-32)47-38-35(28-53-41(50)30-16-8-3-9-17-30)54-40(37(38)44)48-27-26-36(46-42(48)51)45-39(49)29-14-6-2-7-15-29/h2-27,35,37-38,40,47H,28H2,1H3,(H,45,46,49,51)/t35-,37-,38-,40-/m1/s1. The predicted molar refractivity (Wildman–Crippen MR) is 201 cm³/mol. The summed E-state index contributed by atoms with van der Waals surface area (Å²) in [5.74, 6) is -0.431. The average molecular weight is 725 g/mol. The molecule has 11 heteroatoms. The number of benzene rings is 5. The third-order valence-corrected chi connectivity index (χ3v) is 9.42. The molecule has 0 spiro atoms. The van der Waals surface area contributed by atoms with Gasteiger partial charge in [0.15, 0.2) is 12.4 Å². The van der Waals surface area contributed by atoms with Gasteiger partial charge in [0.1, 0.15) is 24.3 Å². The molecule has 1 fully saturated rings. The smallest absolute Gasteiger partial charge is 0.351 e. The Balaban J connectivity index is 1.28. The number of ether oxygens (including phenoxy) is 3. The molecule has 272 valence electrons. The third-order valence-electron chi connectivity index (χ3n) is 9.42. The van der Waals surface area contributed by atoms with Crippen LogP contribution in [0.15, 0.2) is 163 Å². The number of halogens is 1. The summed E-state index contributed by atoms with van der Waals surface area (Å²) >= 11 is 0. The Morgan fingerprint density at radius 2 is 1.30 bits per heavy atom. The number of amides is 1. The second-order valence-corrected chi connectivity index (χ2v) is 12.7. The van der Waals surface area contributed by atoms with Crippen molar-refractivity contribution in [1.82, 2.24) is 14.9 Å². The van der Waals surface area contributed by atoms with E-state index in [9.17, 15) is 14.4 Å². The van der Waals surface area contributed by atoms with Gasteiger partial charge in [-0.05, 0) is 59.2 Å². The number of aromatic nitrogens is 2. The second kappa shape index (κ2) is 16.1. The molecular weight excluding hydrogens is 687 g/mol. The van der Waals surface area contributed by atoms with Crippen molar-refractivity contribution in [1.29, 1.82) is 0 Å². The van der Waals surface area contributed by atoms with E-state index in [1.54, 1.807) is 67.8 Å². The molecule has 54 heavy (non-hydrogen) atoms. The van der Waals surface area contributed by atoms with Gasteiger partial charge in [-0.15, -0.1) is 0 Å². The molecule has 6 aromatic rings. The first kappa shape index (κ1) is 36.0. The lowest BCUT2D eigenvalue weighted by Gasteiger charge is -2.40. The van der Waals surface area contributed by atoms with Gasteiger partial charge < -0.3 is 19.5 Å². The van der Waals surface area contributed by atoms with Crippen LogP contribution < -0.4 is 21.1 Å². The van der Waals surface area contributed by atoms with E-state index in [-0.39, 0.29) is 12.4 Å². The van der Waals surface area contributed by atoms with Crippen LogP contribution in [-0.2, 0) is 15.0 Å². The average Bonchev–Trinajstić information content (AvgIpc) is 3.53. The Hall–Kier alpha value is -6.43. The van der Waals surface area contributed by atoms with Gasteiger partial charge in [0.05, 0.1) is 24.3 Å². The van der Waals surface area contributed by atoms with E-state index in [1.807, 2.05) is 84.9 Å². The SMILES string of the molecule is COc1ccc(C(N[C@H]2[C@@H](F)[C@H](n3ccc(NC(=O)c4ccccc4)nc3=O)O[C@@H]2COC(=O)c2ccccc2)(c2ccccc2)c2ccccc2)cc1. The highest BCUT2D eigenvalue weighted by Gasteiger charge is 2.51. The maximum Gasteiger partial charge on any atom is 0.351 e. The zero-order chi connectivity index (χ0) is 37.5. The highest BCUT2D eigenvalue weighted by Crippen LogP contribution is 2.41. The molecule has 1 saturated heterocycles. The summed E-state index contributed by atoms with van der Waals surface area (Å²) in [7, 11) is 1.58. The Kier molecular flexibility index (Phi) is 10.7. The molecule has 4 atom stereocenters. The van der Waals surface area contributed by atoms with Crippen molar-refractivity contribution in [3.8, 4) is 5.75 Å². The topological polar surface area (TPSA) is 121 Å². The molecule has 0 saturated carbocycles. The highest BCUT2D eigenvalue weighted by atomic mass is 19.1. The first-order valence-corrected chi connectivity index (χ1v) is 17.4. The molecule has 1 aromatic heterocycles. The van der Waals surface area contributed by atoms with Crippen molar-refractivity contribution in [2.75, 3.05) is 19.0 Å². The maximum absolute atomic E-state index is 17.3. The van der Waals surface area contributed by atoms with Crippen molar-refractivity contribution in [3.63, 3.8) is 0 Å². The fourth-order valence-electron chi connectivity index (χ4n) is 6.74. The predicted octanol–water partition coefficient (Wildman–Crippen LogP) is 6.55. The van der Waals surface area contributed by atoms with Gasteiger partial charge in [-0.1, -0.05) is 109 Å². The van der Waals surface area contributed by atoms with Gasteiger partial charge in [-0.3, -0.25) is 14.7 Å². The molecule has 1 aliphatic rings. The number of nitrogens with one attached hydrogen (secondary N) is 2. The van der Waals surface area contributed by atoms with E-state index in [2.05, 4.69) is 15.6 Å². The molecule has 1 aliphatic heterocycles. The molecule has 0 bridgehead atoms. The number of alkyl halides is 1. The van der Waals surface area contributed by atoms with E-state index < -0.39 is 47.7 Å². The molecular formula is C43H37FN4O6. The van der Waals surface area contributed by atoms with Crippen molar-refractivity contribution in [2.24, 2.45) is 0 Å². The van der Waals surface area contributed by atoms with E-state index in [1.165, 1.54) is 12.3 Å². The van der Waals surface area contributed by atoms with Crippen molar-refractivity contribution in [2.45, 2.75) is 30.1 Å². The summed E-state index contributed by atoms with van der Waals surface area (Å²) in [6.07, 6.45) is -3.08. The largest absolute Gasteiger partial charge is 0.497 e. The van der Waals surface area contributed by atoms with E-state index in [0.717, 1.165) is 21.3 Å². The molecule has 0 unspecified atom stereocenters. The number of esters is 1. The number of carbonyl (C=O) groups excluding carboxylic acids is 2. The van der Waals surface area contributed by atoms with Crippen molar-refractivity contribution in [3.05, 3.63) is 196 Å². The van der Waals surface area contributed by atoms with Crippen molar-refractivity contribution < 1.29 is 28.2 Å². The van der Waals surface area contributed by atoms with Crippen LogP contribution in [0.4, 0.5) is 10.2 Å². The van der Waals surface area contributed by atoms with Crippen molar-refractivity contribution >= 4 is 17.7 Å². The minimum atomic E-state index is -1.86. The summed E-state index contributed by atoms with van der Waals surface area (Å²) in [6.45, 7) is -0.335. The maximum atomic E-state index is 17.3. The lowest BCUT2D eigenvalue weighted by Crippen LogP contribution is -2.56. The van der Waals surface area contributed by atoms with Crippen LogP contribution in [-0.4, -0.2) is 53.5 Å². The molecule has 10 nitrogen and oxygen atoms in total. The van der Waals surface area contributed by atoms with Crippen LogP contribution in [0, 0.1) is 0 Å². The number of carbonyl (C=O) groups is 2. The normalized spacial score (nSPS) is 18.1. The van der Waals surface area contributed by atoms with E-state index in [0.29, 0.717) is 16.9 Å². The van der Waals surface area contributed by atoms with Crippen LogP contribution in [0.5, 0.6) is 5.75 Å². The number of anilines is 1. The van der Waals surface area contributed by atoms with Gasteiger partial charge in [0.25, 0.3) is 5.91 Å². The monoisotopic (exact) mass is 724 g/mol. The van der Waals surface area contributed by atoms with Crippen LogP contribution in [0.2, 0.25) is 0 Å². The first-order chi connectivity index (χ1) is 26.4. The number of nitrogens with zero attached hydrogens (tertiary/aromatic N) is 2. The number of hydrogen-bond acceptors (Lipinski definition) is 8. The van der Waals surface area contributed by atoms with Gasteiger partial charge in [0, 0.05) is 11.8 Å². The molecule has 1 amide bonds. The van der Waals surface area contributed by atoms with Crippen LogP contribution in [0.3, 0.4) is 0 Å². The second-order valence-electron chi connectivity index (χ2n) is 12.7. The zero-order valence-electron chi connectivity index (χ0n) is 29.2. The van der Waals surface area contributed by atoms with Gasteiger partial charge in [-0.25, -0.2) is 14.0 Å². The number of hydrogen-bond donors (Lipinski definition) is 2. The van der Waals surface area contributed by atoms with Crippen LogP contribution >= 0.6 is 0 Å². The molecule has 7 rings (SSSR count). The van der Waals surface area contributed by atoms with Crippen LogP contribution in [0.1, 0.15) is 43.6 Å². The summed E-state index contributed by atoms with van der Waals surface area (Å²) in [5.41, 5.74) is 1.06. The van der Waals surface area contributed by atoms with Gasteiger partial charge in [0.2, 0.25) is 0 Å². The fourth-order valence-corrected chi connectivity index (χ4v) is 6.74. The summed E-state index contributed by atoms with van der Waals surface area (Å²) in [5, 5.41) is 6.24. The molecule has 0 radical (unpaired) electrons. The Bertz CT molecular complexity index is 2200. The summed E-state index contributed by atoms with van der Waals surface area (Å²) in [4.78, 5) is 43.4. The van der Waals surface area contributed by atoms with E-state index in [4.69, 9.17) is 14.2 Å². The van der Waals surface area contributed by atoms with Crippen LogP contribution in [0.25, 0.3) is 0 Å². The van der Waals surface area contributed by atoms with Gasteiger partial charge >= 0.3 is 11.7 Å². The summed E-state index contributed by atoms with van der Waals surface area (Å²) < 4.78 is 35.9.